The van der Waals surface area contributed by atoms with Gasteiger partial charge in [0, 0.05) is 32.4 Å². The zero-order valence-corrected chi connectivity index (χ0v) is 16.6. The van der Waals surface area contributed by atoms with E-state index in [1.165, 1.54) is 4.31 Å². The van der Waals surface area contributed by atoms with E-state index in [-0.39, 0.29) is 11.7 Å². The molecule has 2 saturated heterocycles. The predicted molar refractivity (Wildman–Crippen MR) is 103 cm³/mol. The highest BCUT2D eigenvalue weighted by atomic mass is 32.2. The quantitative estimate of drug-likeness (QED) is 0.731. The summed E-state index contributed by atoms with van der Waals surface area (Å²) in [5.74, 6) is 0.735. The summed E-state index contributed by atoms with van der Waals surface area (Å²) in [5.41, 5.74) is 0.945. The number of ether oxygens (including phenoxy) is 1. The Labute approximate surface area is 160 Å². The van der Waals surface area contributed by atoms with Gasteiger partial charge in [0.1, 0.15) is 11.9 Å². The van der Waals surface area contributed by atoms with Gasteiger partial charge in [-0.25, -0.2) is 13.4 Å². The summed E-state index contributed by atoms with van der Waals surface area (Å²) >= 11 is 0. The fourth-order valence-electron chi connectivity index (χ4n) is 3.55. The molecule has 1 unspecified atom stereocenters. The third kappa shape index (κ3) is 4.97. The lowest BCUT2D eigenvalue weighted by Gasteiger charge is -2.28. The molecule has 8 nitrogen and oxygen atoms in total. The van der Waals surface area contributed by atoms with Crippen LogP contribution in [0.3, 0.4) is 0 Å². The van der Waals surface area contributed by atoms with Crippen molar-refractivity contribution in [2.75, 3.05) is 43.5 Å². The normalized spacial score (nSPS) is 21.4. The molecule has 0 bridgehead atoms. The smallest absolute Gasteiger partial charge is 0.238 e. The number of rotatable bonds is 7. The van der Waals surface area contributed by atoms with Crippen molar-refractivity contribution in [3.63, 3.8) is 0 Å². The van der Waals surface area contributed by atoms with Gasteiger partial charge in [0.25, 0.3) is 0 Å². The van der Waals surface area contributed by atoms with Gasteiger partial charge in [0.15, 0.2) is 0 Å². The molecule has 27 heavy (non-hydrogen) atoms. The highest BCUT2D eigenvalue weighted by Crippen LogP contribution is 2.22. The molecule has 0 spiro atoms. The van der Waals surface area contributed by atoms with E-state index in [1.807, 2.05) is 19.1 Å². The van der Waals surface area contributed by atoms with E-state index >= 15 is 0 Å². The van der Waals surface area contributed by atoms with Crippen molar-refractivity contribution in [3.05, 3.63) is 23.9 Å². The summed E-state index contributed by atoms with van der Waals surface area (Å²) in [7, 11) is -3.36. The van der Waals surface area contributed by atoms with Crippen LogP contribution in [0.4, 0.5) is 5.82 Å². The number of carbonyl (C=O) groups excluding carboxylic acids is 1. The number of sulfonamides is 1. The Kier molecular flexibility index (Phi) is 6.67. The van der Waals surface area contributed by atoms with E-state index < -0.39 is 16.1 Å². The van der Waals surface area contributed by atoms with Crippen molar-refractivity contribution in [2.24, 2.45) is 0 Å². The Bertz CT molecular complexity index is 749. The van der Waals surface area contributed by atoms with Crippen LogP contribution < -0.4 is 10.2 Å². The van der Waals surface area contributed by atoms with E-state index in [4.69, 9.17) is 4.74 Å². The topological polar surface area (TPSA) is 91.8 Å². The average Bonchev–Trinajstić information content (AvgIpc) is 3.18. The van der Waals surface area contributed by atoms with Crippen molar-refractivity contribution >= 4 is 21.7 Å². The zero-order chi connectivity index (χ0) is 19.3. The van der Waals surface area contributed by atoms with Crippen LogP contribution >= 0.6 is 0 Å². The number of hydrogen-bond acceptors (Lipinski definition) is 6. The molecule has 3 heterocycles. The molecule has 1 atom stereocenters. The predicted octanol–water partition coefficient (Wildman–Crippen LogP) is 0.739. The fourth-order valence-corrected chi connectivity index (χ4v) is 5.30. The third-order valence-electron chi connectivity index (χ3n) is 4.94. The van der Waals surface area contributed by atoms with Gasteiger partial charge in [0.2, 0.25) is 15.9 Å². The molecule has 3 rings (SSSR count). The highest BCUT2D eigenvalue weighted by molar-refractivity contribution is 7.89. The Balaban J connectivity index is 1.60. The molecule has 1 amide bonds. The maximum absolute atomic E-state index is 12.6. The van der Waals surface area contributed by atoms with E-state index in [0.717, 1.165) is 30.9 Å². The standard InChI is InChI=1S/C18H28N4O4S/c1-2-12-27(24,25)22-7-3-4-16(22)18(23)20-14-15-5-6-19-17(13-15)21-8-10-26-11-9-21/h5-6,13,16H,2-4,7-12,14H2,1H3,(H,20,23). The van der Waals surface area contributed by atoms with E-state index in [2.05, 4.69) is 15.2 Å². The summed E-state index contributed by atoms with van der Waals surface area (Å²) in [6, 6.07) is 3.23. The van der Waals surface area contributed by atoms with Crippen LogP contribution in [0.15, 0.2) is 18.3 Å². The third-order valence-corrected chi connectivity index (χ3v) is 7.01. The highest BCUT2D eigenvalue weighted by Gasteiger charge is 2.37. The number of carbonyl (C=O) groups is 1. The van der Waals surface area contributed by atoms with Gasteiger partial charge in [-0.2, -0.15) is 4.31 Å². The summed E-state index contributed by atoms with van der Waals surface area (Å²) in [5, 5.41) is 2.90. The van der Waals surface area contributed by atoms with Crippen molar-refractivity contribution in [1.82, 2.24) is 14.6 Å². The fraction of sp³-hybridized carbons (Fsp3) is 0.667. The largest absolute Gasteiger partial charge is 0.378 e. The maximum atomic E-state index is 12.6. The van der Waals surface area contributed by atoms with Crippen molar-refractivity contribution in [3.8, 4) is 0 Å². The van der Waals surface area contributed by atoms with Gasteiger partial charge in [-0.1, -0.05) is 6.92 Å². The minimum atomic E-state index is -3.36. The number of morpholine rings is 1. The number of pyridine rings is 1. The van der Waals surface area contributed by atoms with Crippen molar-refractivity contribution < 1.29 is 17.9 Å². The number of hydrogen-bond donors (Lipinski definition) is 1. The van der Waals surface area contributed by atoms with Gasteiger partial charge < -0.3 is 15.0 Å². The maximum Gasteiger partial charge on any atom is 0.238 e. The minimum absolute atomic E-state index is 0.0873. The second kappa shape index (κ2) is 8.99. The van der Waals surface area contributed by atoms with Crippen LogP contribution in [0.1, 0.15) is 31.7 Å². The van der Waals surface area contributed by atoms with Gasteiger partial charge in [0.05, 0.1) is 19.0 Å². The van der Waals surface area contributed by atoms with Crippen LogP contribution in [0.5, 0.6) is 0 Å². The molecule has 0 aliphatic carbocycles. The molecule has 1 N–H and O–H groups in total. The molecule has 2 aliphatic rings. The number of nitrogens with one attached hydrogen (secondary N) is 1. The Hall–Kier alpha value is -1.71. The molecule has 1 aromatic heterocycles. The van der Waals surface area contributed by atoms with E-state index in [1.54, 1.807) is 6.20 Å². The van der Waals surface area contributed by atoms with E-state index in [0.29, 0.717) is 39.1 Å². The van der Waals surface area contributed by atoms with Crippen LogP contribution in [0, 0.1) is 0 Å². The first-order valence-electron chi connectivity index (χ1n) is 9.56. The van der Waals surface area contributed by atoms with E-state index in [9.17, 15) is 13.2 Å². The first kappa shape index (κ1) is 20.0. The van der Waals surface area contributed by atoms with Gasteiger partial charge in [-0.05, 0) is 37.0 Å². The van der Waals surface area contributed by atoms with Crippen LogP contribution in [0.25, 0.3) is 0 Å². The molecule has 0 aromatic carbocycles. The number of amides is 1. The monoisotopic (exact) mass is 396 g/mol. The molecule has 9 heteroatoms. The lowest BCUT2D eigenvalue weighted by atomic mass is 10.2. The molecular weight excluding hydrogens is 368 g/mol. The lowest BCUT2D eigenvalue weighted by molar-refractivity contribution is -0.124. The molecule has 1 aromatic rings. The van der Waals surface area contributed by atoms with Crippen LogP contribution in [0.2, 0.25) is 0 Å². The minimum Gasteiger partial charge on any atom is -0.378 e. The molecule has 0 saturated carbocycles. The number of aromatic nitrogens is 1. The van der Waals surface area contributed by atoms with Crippen LogP contribution in [-0.2, 0) is 26.1 Å². The van der Waals surface area contributed by atoms with Crippen molar-refractivity contribution in [1.29, 1.82) is 0 Å². The molecule has 150 valence electrons. The summed E-state index contributed by atoms with van der Waals surface area (Å²) in [4.78, 5) is 19.2. The van der Waals surface area contributed by atoms with Gasteiger partial charge in [-0.15, -0.1) is 0 Å². The lowest BCUT2D eigenvalue weighted by Crippen LogP contribution is -2.46. The Morgan fingerprint density at radius 1 is 1.33 bits per heavy atom. The molecular formula is C18H28N4O4S. The number of anilines is 1. The molecule has 2 aliphatic heterocycles. The van der Waals surface area contributed by atoms with Crippen molar-refractivity contribution in [2.45, 2.75) is 38.8 Å². The van der Waals surface area contributed by atoms with Gasteiger partial charge in [-0.3, -0.25) is 4.79 Å². The van der Waals surface area contributed by atoms with Crippen LogP contribution in [-0.4, -0.2) is 68.3 Å². The first-order valence-corrected chi connectivity index (χ1v) is 11.2. The first-order chi connectivity index (χ1) is 13.0. The Morgan fingerprint density at radius 3 is 2.85 bits per heavy atom. The second-order valence-electron chi connectivity index (χ2n) is 6.92. The number of nitrogens with zero attached hydrogens (tertiary/aromatic N) is 3. The average molecular weight is 397 g/mol. The molecule has 0 radical (unpaired) electrons. The molecule has 2 fully saturated rings. The summed E-state index contributed by atoms with van der Waals surface area (Å²) < 4.78 is 31.5. The van der Waals surface area contributed by atoms with Gasteiger partial charge >= 0.3 is 0 Å². The zero-order valence-electron chi connectivity index (χ0n) is 15.8. The Morgan fingerprint density at radius 2 is 2.11 bits per heavy atom. The summed E-state index contributed by atoms with van der Waals surface area (Å²) in [6.45, 7) is 5.59. The summed E-state index contributed by atoms with van der Waals surface area (Å²) in [6.07, 6.45) is 3.58. The second-order valence-corrected chi connectivity index (χ2v) is 8.97. The SMILES string of the molecule is CCCS(=O)(=O)N1CCCC1C(=O)NCc1ccnc(N2CCOCC2)c1.